The lowest BCUT2D eigenvalue weighted by Crippen LogP contribution is -2.49. The summed E-state index contributed by atoms with van der Waals surface area (Å²) in [5, 5.41) is 13.3. The van der Waals surface area contributed by atoms with Crippen LogP contribution in [0.25, 0.3) is 0 Å². The zero-order chi connectivity index (χ0) is 21.7. The second kappa shape index (κ2) is 8.91. The Bertz CT molecular complexity index is 965. The molecule has 0 saturated heterocycles. The minimum Gasteiger partial charge on any atom is -0.368 e. The number of amides is 3. The van der Waals surface area contributed by atoms with E-state index in [2.05, 4.69) is 5.32 Å². The van der Waals surface area contributed by atoms with Crippen molar-refractivity contribution in [3.63, 3.8) is 0 Å². The highest BCUT2D eigenvalue weighted by Gasteiger charge is 2.30. The van der Waals surface area contributed by atoms with Gasteiger partial charge >= 0.3 is 0 Å². The van der Waals surface area contributed by atoms with Crippen LogP contribution >= 0.6 is 0 Å². The van der Waals surface area contributed by atoms with Gasteiger partial charge in [0.2, 0.25) is 11.8 Å². The third kappa shape index (κ3) is 5.12. The summed E-state index contributed by atoms with van der Waals surface area (Å²) in [5.74, 6) is -2.83. The van der Waals surface area contributed by atoms with Crippen molar-refractivity contribution in [2.45, 2.75) is 19.0 Å². The Morgan fingerprint density at radius 3 is 2.41 bits per heavy atom. The molecule has 0 heterocycles. The molecule has 152 valence electrons. The van der Waals surface area contributed by atoms with Gasteiger partial charge in [0.25, 0.3) is 11.6 Å². The summed E-state index contributed by atoms with van der Waals surface area (Å²) in [6.07, 6.45) is 0. The van der Waals surface area contributed by atoms with Crippen molar-refractivity contribution in [1.82, 2.24) is 10.2 Å². The second-order valence-electron chi connectivity index (χ2n) is 6.31. The molecule has 0 fully saturated rings. The van der Waals surface area contributed by atoms with Gasteiger partial charge < -0.3 is 16.0 Å². The summed E-state index contributed by atoms with van der Waals surface area (Å²) < 4.78 is 13.5. The predicted molar refractivity (Wildman–Crippen MR) is 101 cm³/mol. The summed E-state index contributed by atoms with van der Waals surface area (Å²) in [5.41, 5.74) is 5.30. The molecule has 2 unspecified atom stereocenters. The first-order chi connectivity index (χ1) is 13.6. The van der Waals surface area contributed by atoms with Gasteiger partial charge in [-0.25, -0.2) is 4.39 Å². The van der Waals surface area contributed by atoms with Crippen molar-refractivity contribution in [3.8, 4) is 0 Å². The van der Waals surface area contributed by atoms with Gasteiger partial charge in [0, 0.05) is 24.7 Å². The van der Waals surface area contributed by atoms with Gasteiger partial charge in [-0.2, -0.15) is 0 Å². The quantitative estimate of drug-likeness (QED) is 0.535. The van der Waals surface area contributed by atoms with Gasteiger partial charge in [-0.1, -0.05) is 18.2 Å². The number of halogens is 1. The SMILES string of the molecule is CC(NC(=O)c1cccc([N+](=O)[O-])c1)C(=O)N(C)C(C(N)=O)c1cccc(F)c1. The number of carbonyl (C=O) groups excluding carboxylic acids is 3. The monoisotopic (exact) mass is 402 g/mol. The average Bonchev–Trinajstić information content (AvgIpc) is 2.67. The van der Waals surface area contributed by atoms with Gasteiger partial charge in [0.05, 0.1) is 4.92 Å². The van der Waals surface area contributed by atoms with Crippen molar-refractivity contribution in [2.75, 3.05) is 7.05 Å². The molecule has 0 saturated carbocycles. The molecule has 0 aromatic heterocycles. The Balaban J connectivity index is 2.17. The lowest BCUT2D eigenvalue weighted by molar-refractivity contribution is -0.384. The third-order valence-corrected chi connectivity index (χ3v) is 4.21. The molecule has 0 radical (unpaired) electrons. The molecular formula is C19H19FN4O5. The largest absolute Gasteiger partial charge is 0.368 e. The number of carbonyl (C=O) groups is 3. The first kappa shape index (κ1) is 21.5. The number of non-ortho nitro benzene ring substituents is 1. The van der Waals surface area contributed by atoms with Crippen LogP contribution in [0.1, 0.15) is 28.9 Å². The molecule has 3 amide bonds. The number of nitro benzene ring substituents is 1. The Morgan fingerprint density at radius 2 is 1.83 bits per heavy atom. The Morgan fingerprint density at radius 1 is 1.17 bits per heavy atom. The van der Waals surface area contributed by atoms with E-state index in [4.69, 9.17) is 5.73 Å². The van der Waals surface area contributed by atoms with Crippen molar-refractivity contribution in [3.05, 3.63) is 75.6 Å². The van der Waals surface area contributed by atoms with Gasteiger partial charge in [0.1, 0.15) is 17.9 Å². The lowest BCUT2D eigenvalue weighted by atomic mass is 10.0. The van der Waals surface area contributed by atoms with Crippen LogP contribution in [-0.4, -0.2) is 40.6 Å². The van der Waals surface area contributed by atoms with E-state index in [-0.39, 0.29) is 16.8 Å². The lowest BCUT2D eigenvalue weighted by Gasteiger charge is -2.28. The van der Waals surface area contributed by atoms with Crippen molar-refractivity contribution in [1.29, 1.82) is 0 Å². The van der Waals surface area contributed by atoms with Crippen LogP contribution in [0.4, 0.5) is 10.1 Å². The van der Waals surface area contributed by atoms with E-state index < -0.39 is 40.5 Å². The number of hydrogen-bond acceptors (Lipinski definition) is 5. The molecule has 2 aromatic carbocycles. The van der Waals surface area contributed by atoms with E-state index in [1.807, 2.05) is 0 Å². The summed E-state index contributed by atoms with van der Waals surface area (Å²) >= 11 is 0. The zero-order valence-electron chi connectivity index (χ0n) is 15.7. The van der Waals surface area contributed by atoms with Crippen LogP contribution in [0.2, 0.25) is 0 Å². The fourth-order valence-corrected chi connectivity index (χ4v) is 2.79. The van der Waals surface area contributed by atoms with E-state index in [0.29, 0.717) is 0 Å². The van der Waals surface area contributed by atoms with Crippen LogP contribution in [0.15, 0.2) is 48.5 Å². The maximum atomic E-state index is 13.5. The maximum Gasteiger partial charge on any atom is 0.270 e. The maximum absolute atomic E-state index is 13.5. The number of nitrogens with one attached hydrogen (secondary N) is 1. The minimum absolute atomic E-state index is 0.00177. The summed E-state index contributed by atoms with van der Waals surface area (Å²) in [7, 11) is 1.30. The molecule has 10 heteroatoms. The number of nitro groups is 1. The number of hydrogen-bond donors (Lipinski definition) is 2. The van der Waals surface area contributed by atoms with Crippen molar-refractivity contribution in [2.24, 2.45) is 5.73 Å². The number of likely N-dealkylation sites (N-methyl/N-ethyl adjacent to an activating group) is 1. The molecule has 2 rings (SSSR count). The predicted octanol–water partition coefficient (Wildman–Crippen LogP) is 1.54. The molecule has 3 N–H and O–H groups in total. The molecule has 0 spiro atoms. The molecule has 0 bridgehead atoms. The van der Waals surface area contributed by atoms with Crippen LogP contribution in [-0.2, 0) is 9.59 Å². The average molecular weight is 402 g/mol. The van der Waals surface area contributed by atoms with Crippen LogP contribution in [0.5, 0.6) is 0 Å². The number of nitrogens with zero attached hydrogens (tertiary/aromatic N) is 2. The van der Waals surface area contributed by atoms with Crippen LogP contribution in [0.3, 0.4) is 0 Å². The van der Waals surface area contributed by atoms with E-state index in [1.165, 1.54) is 50.4 Å². The molecular weight excluding hydrogens is 383 g/mol. The number of rotatable bonds is 7. The van der Waals surface area contributed by atoms with Crippen molar-refractivity contribution < 1.29 is 23.7 Å². The Labute approximate surface area is 165 Å². The number of benzene rings is 2. The van der Waals surface area contributed by atoms with Crippen molar-refractivity contribution >= 4 is 23.4 Å². The highest BCUT2D eigenvalue weighted by molar-refractivity contribution is 5.98. The topological polar surface area (TPSA) is 136 Å². The number of primary amides is 1. The molecule has 2 aromatic rings. The summed E-state index contributed by atoms with van der Waals surface area (Å²) in [6, 6.07) is 7.81. The summed E-state index contributed by atoms with van der Waals surface area (Å²) in [4.78, 5) is 48.1. The van der Waals surface area contributed by atoms with Crippen LogP contribution in [0, 0.1) is 15.9 Å². The highest BCUT2D eigenvalue weighted by atomic mass is 19.1. The number of nitrogens with two attached hydrogens (primary N) is 1. The second-order valence-corrected chi connectivity index (χ2v) is 6.31. The molecule has 9 nitrogen and oxygen atoms in total. The molecule has 0 aliphatic carbocycles. The molecule has 0 aliphatic rings. The minimum atomic E-state index is -1.24. The first-order valence-electron chi connectivity index (χ1n) is 8.48. The van der Waals surface area contributed by atoms with E-state index >= 15 is 0 Å². The Kier molecular flexibility index (Phi) is 6.60. The van der Waals surface area contributed by atoms with Gasteiger partial charge in [0.15, 0.2) is 0 Å². The third-order valence-electron chi connectivity index (χ3n) is 4.21. The first-order valence-corrected chi connectivity index (χ1v) is 8.48. The normalized spacial score (nSPS) is 12.5. The molecule has 29 heavy (non-hydrogen) atoms. The van der Waals surface area contributed by atoms with Crippen LogP contribution < -0.4 is 11.1 Å². The zero-order valence-corrected chi connectivity index (χ0v) is 15.7. The Hall–Kier alpha value is -3.82. The van der Waals surface area contributed by atoms with Gasteiger partial charge in [-0.15, -0.1) is 0 Å². The van der Waals surface area contributed by atoms with Gasteiger partial charge in [-0.3, -0.25) is 24.5 Å². The standard InChI is InChI=1S/C19H19FN4O5/c1-11(22-18(26)13-6-4-8-15(10-13)24(28)29)19(27)23(2)16(17(21)25)12-5-3-7-14(20)9-12/h3-11,16H,1-2H3,(H2,21,25)(H,22,26). The molecule has 2 atom stereocenters. The highest BCUT2D eigenvalue weighted by Crippen LogP contribution is 2.21. The fourth-order valence-electron chi connectivity index (χ4n) is 2.79. The summed E-state index contributed by atoms with van der Waals surface area (Å²) in [6.45, 7) is 1.39. The fraction of sp³-hybridized carbons (Fsp3) is 0.211. The molecule has 0 aliphatic heterocycles. The van der Waals surface area contributed by atoms with E-state index in [0.717, 1.165) is 17.0 Å². The van der Waals surface area contributed by atoms with E-state index in [9.17, 15) is 28.9 Å². The smallest absolute Gasteiger partial charge is 0.270 e. The van der Waals surface area contributed by atoms with E-state index in [1.54, 1.807) is 0 Å². The van der Waals surface area contributed by atoms with Gasteiger partial charge in [-0.05, 0) is 30.7 Å².